The largest absolute Gasteiger partial charge is 0.463 e. The maximum absolute atomic E-state index is 12.1. The molecular weight excluding hydrogens is 183 g/mol. The number of hydrogen-bond donors (Lipinski definition) is 1. The summed E-state index contributed by atoms with van der Waals surface area (Å²) in [5.74, 6) is -0.171. The van der Waals surface area contributed by atoms with Gasteiger partial charge in [-0.3, -0.25) is 0 Å². The fourth-order valence-corrected chi connectivity index (χ4v) is 0.885. The molecule has 2 N–H and O–H groups in total. The van der Waals surface area contributed by atoms with E-state index in [-0.39, 0.29) is 5.82 Å². The Morgan fingerprint density at radius 2 is 2.00 bits per heavy atom. The number of rotatable bonds is 0. The summed E-state index contributed by atoms with van der Waals surface area (Å²) < 4.78 is 16.8. The van der Waals surface area contributed by atoms with E-state index in [0.717, 1.165) is 12.1 Å². The van der Waals surface area contributed by atoms with E-state index in [0.29, 0.717) is 12.6 Å². The smallest absolute Gasteiger partial charge is 0.282 e. The third-order valence-corrected chi connectivity index (χ3v) is 1.62. The number of nitrogens with two attached hydrogens (primary N) is 1. The van der Waals surface area contributed by atoms with Crippen LogP contribution in [-0.4, -0.2) is 19.2 Å². The lowest BCUT2D eigenvalue weighted by Gasteiger charge is -1.87. The number of amidine groups is 1. The van der Waals surface area contributed by atoms with Crippen LogP contribution in [0.3, 0.4) is 0 Å². The SMILES string of the molecule is Cc1ccc(F)cc1.NC1=NCCO1. The van der Waals surface area contributed by atoms with Crippen molar-refractivity contribution in [3.8, 4) is 0 Å². The van der Waals surface area contributed by atoms with Crippen molar-refractivity contribution >= 4 is 6.02 Å². The molecule has 76 valence electrons. The van der Waals surface area contributed by atoms with E-state index in [1.807, 2.05) is 6.92 Å². The van der Waals surface area contributed by atoms with Gasteiger partial charge < -0.3 is 10.5 Å². The van der Waals surface area contributed by atoms with E-state index in [9.17, 15) is 4.39 Å². The Morgan fingerprint density at radius 3 is 2.29 bits per heavy atom. The quantitative estimate of drug-likeness (QED) is 0.683. The monoisotopic (exact) mass is 196 g/mol. The van der Waals surface area contributed by atoms with Gasteiger partial charge in [-0.05, 0) is 19.1 Å². The maximum Gasteiger partial charge on any atom is 0.282 e. The lowest BCUT2D eigenvalue weighted by Crippen LogP contribution is -2.10. The zero-order valence-electron chi connectivity index (χ0n) is 8.03. The summed E-state index contributed by atoms with van der Waals surface area (Å²) in [7, 11) is 0. The number of nitrogens with zero attached hydrogens (tertiary/aromatic N) is 1. The van der Waals surface area contributed by atoms with E-state index in [1.165, 1.54) is 12.1 Å². The van der Waals surface area contributed by atoms with Gasteiger partial charge in [-0.15, -0.1) is 0 Å². The first-order chi connectivity index (χ1) is 6.68. The second-order valence-electron chi connectivity index (χ2n) is 2.86. The van der Waals surface area contributed by atoms with Gasteiger partial charge in [0.1, 0.15) is 12.4 Å². The first-order valence-electron chi connectivity index (χ1n) is 4.33. The number of halogens is 1. The van der Waals surface area contributed by atoms with Crippen LogP contribution in [0.4, 0.5) is 4.39 Å². The lowest BCUT2D eigenvalue weighted by molar-refractivity contribution is 0.342. The second kappa shape index (κ2) is 5.21. The van der Waals surface area contributed by atoms with Crippen molar-refractivity contribution in [3.63, 3.8) is 0 Å². The Bertz CT molecular complexity index is 287. The average Bonchev–Trinajstić information content (AvgIpc) is 2.63. The van der Waals surface area contributed by atoms with Crippen LogP contribution in [0.2, 0.25) is 0 Å². The van der Waals surface area contributed by atoms with Gasteiger partial charge in [-0.2, -0.15) is 0 Å². The van der Waals surface area contributed by atoms with Gasteiger partial charge in [-0.25, -0.2) is 9.38 Å². The molecule has 1 heterocycles. The molecular formula is C10H13FN2O. The van der Waals surface area contributed by atoms with E-state index in [4.69, 9.17) is 5.73 Å². The van der Waals surface area contributed by atoms with Crippen LogP contribution in [0.5, 0.6) is 0 Å². The minimum absolute atomic E-state index is 0.171. The van der Waals surface area contributed by atoms with Gasteiger partial charge in [0.15, 0.2) is 0 Å². The molecule has 0 fully saturated rings. The van der Waals surface area contributed by atoms with Crippen molar-refractivity contribution in [1.29, 1.82) is 0 Å². The fraction of sp³-hybridized carbons (Fsp3) is 0.300. The Kier molecular flexibility index (Phi) is 3.91. The fourth-order valence-electron chi connectivity index (χ4n) is 0.885. The topological polar surface area (TPSA) is 47.6 Å². The average molecular weight is 196 g/mol. The van der Waals surface area contributed by atoms with Crippen molar-refractivity contribution < 1.29 is 9.13 Å². The zero-order chi connectivity index (χ0) is 10.4. The minimum Gasteiger partial charge on any atom is -0.463 e. The third-order valence-electron chi connectivity index (χ3n) is 1.62. The molecule has 2 rings (SSSR count). The van der Waals surface area contributed by atoms with Gasteiger partial charge >= 0.3 is 0 Å². The van der Waals surface area contributed by atoms with Crippen LogP contribution >= 0.6 is 0 Å². The lowest BCUT2D eigenvalue weighted by atomic mass is 10.2. The molecule has 1 aromatic rings. The summed E-state index contributed by atoms with van der Waals surface area (Å²) in [5, 5.41) is 0. The molecule has 1 aromatic carbocycles. The molecule has 14 heavy (non-hydrogen) atoms. The van der Waals surface area contributed by atoms with Crippen molar-refractivity contribution in [2.24, 2.45) is 10.7 Å². The normalized spacial score (nSPS) is 13.7. The van der Waals surface area contributed by atoms with E-state index < -0.39 is 0 Å². The first-order valence-corrected chi connectivity index (χ1v) is 4.33. The zero-order valence-corrected chi connectivity index (χ0v) is 8.03. The summed E-state index contributed by atoms with van der Waals surface area (Å²) in [4.78, 5) is 3.71. The summed E-state index contributed by atoms with van der Waals surface area (Å²) in [6.07, 6.45) is 0. The van der Waals surface area contributed by atoms with Crippen LogP contribution in [0.1, 0.15) is 5.56 Å². The molecule has 0 aromatic heterocycles. The van der Waals surface area contributed by atoms with Gasteiger partial charge in [-0.1, -0.05) is 17.7 Å². The van der Waals surface area contributed by atoms with Gasteiger partial charge in [0.05, 0.1) is 6.54 Å². The Labute approximate surface area is 82.4 Å². The predicted molar refractivity (Wildman–Crippen MR) is 53.6 cm³/mol. The molecule has 0 unspecified atom stereocenters. The Hall–Kier alpha value is -1.58. The molecule has 3 nitrogen and oxygen atoms in total. The van der Waals surface area contributed by atoms with Crippen molar-refractivity contribution in [1.82, 2.24) is 0 Å². The van der Waals surface area contributed by atoms with Gasteiger partial charge in [0.2, 0.25) is 0 Å². The molecule has 0 radical (unpaired) electrons. The van der Waals surface area contributed by atoms with Gasteiger partial charge in [0, 0.05) is 0 Å². The number of aryl methyl sites for hydroxylation is 1. The number of benzene rings is 1. The highest BCUT2D eigenvalue weighted by Crippen LogP contribution is 1.98. The highest BCUT2D eigenvalue weighted by atomic mass is 19.1. The van der Waals surface area contributed by atoms with E-state index in [1.54, 1.807) is 12.1 Å². The molecule has 0 bridgehead atoms. The molecule has 0 saturated heterocycles. The summed E-state index contributed by atoms with van der Waals surface area (Å²) >= 11 is 0. The van der Waals surface area contributed by atoms with Crippen LogP contribution in [-0.2, 0) is 4.74 Å². The highest BCUT2D eigenvalue weighted by molar-refractivity contribution is 5.72. The summed E-state index contributed by atoms with van der Waals surface area (Å²) in [5.41, 5.74) is 6.15. The van der Waals surface area contributed by atoms with Crippen molar-refractivity contribution in [3.05, 3.63) is 35.6 Å². The number of ether oxygens (including phenoxy) is 1. The summed E-state index contributed by atoms with van der Waals surface area (Å²) in [6, 6.07) is 6.73. The van der Waals surface area contributed by atoms with Crippen molar-refractivity contribution in [2.75, 3.05) is 13.2 Å². The molecule has 0 atom stereocenters. The molecule has 0 aliphatic carbocycles. The molecule has 0 saturated carbocycles. The highest BCUT2D eigenvalue weighted by Gasteiger charge is 1.97. The molecule has 0 spiro atoms. The van der Waals surface area contributed by atoms with Crippen LogP contribution in [0.25, 0.3) is 0 Å². The standard InChI is InChI=1S/C7H7F.C3H6N2O/c1-6-2-4-7(8)5-3-6;4-3-5-1-2-6-3/h2-5H,1H3;1-2H2,(H2,4,5). The van der Waals surface area contributed by atoms with Gasteiger partial charge in [0.25, 0.3) is 6.02 Å². The van der Waals surface area contributed by atoms with Crippen molar-refractivity contribution in [2.45, 2.75) is 6.92 Å². The third kappa shape index (κ3) is 3.89. The van der Waals surface area contributed by atoms with Crippen LogP contribution in [0, 0.1) is 12.7 Å². The molecule has 1 aliphatic rings. The maximum atomic E-state index is 12.1. The van der Waals surface area contributed by atoms with Crippen LogP contribution in [0.15, 0.2) is 29.3 Å². The second-order valence-corrected chi connectivity index (χ2v) is 2.86. The first kappa shape index (κ1) is 10.5. The summed E-state index contributed by atoms with van der Waals surface area (Å²) in [6.45, 7) is 3.32. The molecule has 0 amide bonds. The van der Waals surface area contributed by atoms with Crippen LogP contribution < -0.4 is 5.73 Å². The van der Waals surface area contributed by atoms with E-state index >= 15 is 0 Å². The minimum atomic E-state index is -0.171. The molecule has 1 aliphatic heterocycles. The number of hydrogen-bond acceptors (Lipinski definition) is 3. The Morgan fingerprint density at radius 1 is 1.36 bits per heavy atom. The number of aliphatic imine (C=N–C) groups is 1. The van der Waals surface area contributed by atoms with E-state index in [2.05, 4.69) is 9.73 Å². The molecule has 4 heteroatoms. The predicted octanol–water partition coefficient (Wildman–Crippen LogP) is 1.47. The Balaban J connectivity index is 0.000000146.